The van der Waals surface area contributed by atoms with Crippen molar-refractivity contribution in [2.45, 2.75) is 39.5 Å². The Morgan fingerprint density at radius 2 is 1.61 bits per heavy atom. The summed E-state index contributed by atoms with van der Waals surface area (Å²) in [6.07, 6.45) is 4.77. The molecule has 18 heavy (non-hydrogen) atoms. The van der Waals surface area contributed by atoms with Crippen LogP contribution >= 0.6 is 0 Å². The van der Waals surface area contributed by atoms with Gasteiger partial charge in [-0.25, -0.2) is 0 Å². The monoisotopic (exact) mass is 277 g/mol. The van der Waals surface area contributed by atoms with Gasteiger partial charge >= 0.3 is 0 Å². The van der Waals surface area contributed by atoms with Crippen LogP contribution in [0.2, 0.25) is 0 Å². The van der Waals surface area contributed by atoms with Gasteiger partial charge in [0.05, 0.1) is 0 Å². The predicted molar refractivity (Wildman–Crippen MR) is 78.6 cm³/mol. The standard InChI is InChI=1S/C13H31NO3Si/c1-5-13(6-2,10-17-18)8-7-9-14(11-15-3)12-16-4/h5-12H2,1-4,18H3. The number of methoxy groups -OCH3 is 2. The third kappa shape index (κ3) is 6.85. The fourth-order valence-electron chi connectivity index (χ4n) is 2.40. The maximum absolute atomic E-state index is 5.52. The van der Waals surface area contributed by atoms with E-state index in [9.17, 15) is 0 Å². The van der Waals surface area contributed by atoms with Crippen molar-refractivity contribution in [2.75, 3.05) is 40.8 Å². The van der Waals surface area contributed by atoms with Crippen molar-refractivity contribution in [2.24, 2.45) is 5.41 Å². The largest absolute Gasteiger partial charge is 0.427 e. The number of ether oxygens (including phenoxy) is 2. The fourth-order valence-corrected chi connectivity index (χ4v) is 3.01. The van der Waals surface area contributed by atoms with Crippen LogP contribution in [0.4, 0.5) is 0 Å². The minimum atomic E-state index is 0.369. The van der Waals surface area contributed by atoms with Crippen molar-refractivity contribution in [3.63, 3.8) is 0 Å². The summed E-state index contributed by atoms with van der Waals surface area (Å²) in [4.78, 5) is 2.18. The summed E-state index contributed by atoms with van der Waals surface area (Å²) in [5.74, 6) is 0. The zero-order chi connectivity index (χ0) is 13.9. The van der Waals surface area contributed by atoms with Gasteiger partial charge in [-0.3, -0.25) is 4.90 Å². The maximum Gasteiger partial charge on any atom is 0.145 e. The lowest BCUT2D eigenvalue weighted by Gasteiger charge is -2.32. The van der Waals surface area contributed by atoms with Gasteiger partial charge in [-0.05, 0) is 31.1 Å². The Bertz CT molecular complexity index is 183. The molecule has 4 nitrogen and oxygen atoms in total. The summed E-state index contributed by atoms with van der Waals surface area (Å²) in [6.45, 7) is 7.75. The Morgan fingerprint density at radius 3 is 2.00 bits per heavy atom. The molecule has 0 aliphatic heterocycles. The molecule has 0 atom stereocenters. The molecule has 0 aliphatic carbocycles. The molecule has 0 fully saturated rings. The first-order chi connectivity index (χ1) is 8.67. The summed E-state index contributed by atoms with van der Waals surface area (Å²) in [6, 6.07) is 0. The van der Waals surface area contributed by atoms with Crippen LogP contribution in [-0.4, -0.2) is 56.2 Å². The number of hydrogen-bond acceptors (Lipinski definition) is 4. The normalized spacial score (nSPS) is 12.5. The van der Waals surface area contributed by atoms with Gasteiger partial charge in [0.25, 0.3) is 0 Å². The molecule has 5 heteroatoms. The molecule has 0 rings (SSSR count). The molecule has 0 spiro atoms. The number of hydrogen-bond donors (Lipinski definition) is 0. The Kier molecular flexibility index (Phi) is 11.0. The maximum atomic E-state index is 5.52. The first-order valence-corrected chi connectivity index (χ1v) is 7.68. The Labute approximate surface area is 116 Å². The van der Waals surface area contributed by atoms with Crippen LogP contribution in [0.1, 0.15) is 39.5 Å². The molecule has 0 aromatic carbocycles. The topological polar surface area (TPSA) is 30.9 Å². The summed E-state index contributed by atoms with van der Waals surface area (Å²) in [5, 5.41) is 0. The average molecular weight is 277 g/mol. The molecule has 0 amide bonds. The quantitative estimate of drug-likeness (QED) is 0.398. The second-order valence-corrected chi connectivity index (χ2v) is 5.55. The third-order valence-electron chi connectivity index (χ3n) is 3.76. The zero-order valence-electron chi connectivity index (χ0n) is 12.8. The molecule has 0 aromatic heterocycles. The average Bonchev–Trinajstić information content (AvgIpc) is 2.38. The Hall–Kier alpha value is 0.0569. The van der Waals surface area contributed by atoms with Crippen molar-refractivity contribution in [1.29, 1.82) is 0 Å². The summed E-state index contributed by atoms with van der Waals surface area (Å²) >= 11 is 0. The third-order valence-corrected chi connectivity index (χ3v) is 4.04. The number of nitrogens with zero attached hydrogens (tertiary/aromatic N) is 1. The van der Waals surface area contributed by atoms with Gasteiger partial charge < -0.3 is 13.9 Å². The molecule has 0 unspecified atom stereocenters. The number of rotatable bonds is 12. The van der Waals surface area contributed by atoms with E-state index in [-0.39, 0.29) is 0 Å². The van der Waals surface area contributed by atoms with Crippen molar-refractivity contribution >= 4 is 10.5 Å². The molecule has 110 valence electrons. The van der Waals surface area contributed by atoms with E-state index in [1.165, 1.54) is 25.7 Å². The minimum absolute atomic E-state index is 0.369. The van der Waals surface area contributed by atoms with E-state index in [4.69, 9.17) is 13.9 Å². The molecule has 0 saturated heterocycles. The molecule has 0 radical (unpaired) electrons. The van der Waals surface area contributed by atoms with Crippen LogP contribution in [-0.2, 0) is 13.9 Å². The van der Waals surface area contributed by atoms with E-state index in [0.717, 1.165) is 23.6 Å². The first-order valence-electron chi connectivity index (χ1n) is 6.87. The van der Waals surface area contributed by atoms with Crippen LogP contribution in [0.5, 0.6) is 0 Å². The lowest BCUT2D eigenvalue weighted by molar-refractivity contribution is -0.0166. The second-order valence-electron chi connectivity index (χ2n) is 4.97. The van der Waals surface area contributed by atoms with E-state index in [0.29, 0.717) is 18.9 Å². The van der Waals surface area contributed by atoms with Crippen LogP contribution in [0.25, 0.3) is 0 Å². The fraction of sp³-hybridized carbons (Fsp3) is 1.00. The van der Waals surface area contributed by atoms with E-state index in [2.05, 4.69) is 18.7 Å². The molecule has 0 saturated carbocycles. The summed E-state index contributed by atoms with van der Waals surface area (Å²) < 4.78 is 15.8. The van der Waals surface area contributed by atoms with Crippen LogP contribution < -0.4 is 0 Å². The SMILES string of the molecule is CCC(CC)(CCCN(COC)COC)CO[SiH3]. The highest BCUT2D eigenvalue weighted by Crippen LogP contribution is 2.32. The van der Waals surface area contributed by atoms with Crippen molar-refractivity contribution in [1.82, 2.24) is 4.90 Å². The highest BCUT2D eigenvalue weighted by atomic mass is 28.2. The molecular weight excluding hydrogens is 246 g/mol. The molecule has 0 heterocycles. The smallest absolute Gasteiger partial charge is 0.145 e. The van der Waals surface area contributed by atoms with Gasteiger partial charge in [-0.1, -0.05) is 13.8 Å². The van der Waals surface area contributed by atoms with Gasteiger partial charge in [0.1, 0.15) is 23.9 Å². The van der Waals surface area contributed by atoms with Gasteiger partial charge in [-0.15, -0.1) is 0 Å². The minimum Gasteiger partial charge on any atom is -0.427 e. The molecule has 0 aromatic rings. The van der Waals surface area contributed by atoms with E-state index >= 15 is 0 Å². The van der Waals surface area contributed by atoms with Gasteiger partial charge in [0.15, 0.2) is 0 Å². The van der Waals surface area contributed by atoms with Crippen molar-refractivity contribution in [3.8, 4) is 0 Å². The predicted octanol–water partition coefficient (Wildman–Crippen LogP) is 1.38. The van der Waals surface area contributed by atoms with Gasteiger partial charge in [0.2, 0.25) is 0 Å². The molecular formula is C13H31NO3Si. The van der Waals surface area contributed by atoms with E-state index in [1.54, 1.807) is 14.2 Å². The van der Waals surface area contributed by atoms with E-state index < -0.39 is 0 Å². The van der Waals surface area contributed by atoms with Crippen LogP contribution in [0, 0.1) is 5.41 Å². The van der Waals surface area contributed by atoms with E-state index in [1.807, 2.05) is 0 Å². The summed E-state index contributed by atoms with van der Waals surface area (Å²) in [7, 11) is 4.28. The van der Waals surface area contributed by atoms with Crippen LogP contribution in [0.15, 0.2) is 0 Å². The highest BCUT2D eigenvalue weighted by molar-refractivity contribution is 5.97. The van der Waals surface area contributed by atoms with Gasteiger partial charge in [0, 0.05) is 27.4 Å². The lowest BCUT2D eigenvalue weighted by atomic mass is 9.79. The lowest BCUT2D eigenvalue weighted by Crippen LogP contribution is -2.31. The van der Waals surface area contributed by atoms with Crippen LogP contribution in [0.3, 0.4) is 0 Å². The second kappa shape index (κ2) is 10.9. The zero-order valence-corrected chi connectivity index (χ0v) is 14.8. The highest BCUT2D eigenvalue weighted by Gasteiger charge is 2.25. The van der Waals surface area contributed by atoms with Gasteiger partial charge in [-0.2, -0.15) is 0 Å². The Balaban J connectivity index is 4.09. The molecule has 0 N–H and O–H groups in total. The van der Waals surface area contributed by atoms with Crippen molar-refractivity contribution in [3.05, 3.63) is 0 Å². The molecule has 0 aliphatic rings. The Morgan fingerprint density at radius 1 is 1.06 bits per heavy atom. The molecule has 0 bridgehead atoms. The summed E-state index contributed by atoms with van der Waals surface area (Å²) in [5.41, 5.74) is 0.369. The first kappa shape index (κ1) is 18.1. The van der Waals surface area contributed by atoms with Crippen molar-refractivity contribution < 1.29 is 13.9 Å².